The van der Waals surface area contributed by atoms with E-state index in [1.165, 1.54) is 43.7 Å². The van der Waals surface area contributed by atoms with Crippen LogP contribution in [0.5, 0.6) is 0 Å². The molecule has 2 heteroatoms. The Hall–Kier alpha value is 0.310. The van der Waals surface area contributed by atoms with Crippen molar-refractivity contribution in [1.29, 1.82) is 0 Å². The highest BCUT2D eigenvalue weighted by Gasteiger charge is 2.39. The molecule has 4 atom stereocenters. The van der Waals surface area contributed by atoms with Gasteiger partial charge in [-0.25, -0.2) is 0 Å². The zero-order chi connectivity index (χ0) is 12.1. The van der Waals surface area contributed by atoms with Gasteiger partial charge >= 0.3 is 0 Å². The first-order chi connectivity index (χ1) is 8.33. The lowest BCUT2D eigenvalue weighted by Crippen LogP contribution is -2.35. The molecule has 2 fully saturated rings. The smallest absolute Gasteiger partial charge is 0.0160 e. The average Bonchev–Trinajstić information content (AvgIpc) is 2.94. The number of thioether (sulfide) groups is 1. The molecule has 0 aromatic rings. The number of nitrogens with one attached hydrogen (secondary N) is 1. The van der Waals surface area contributed by atoms with Gasteiger partial charge in [0.15, 0.2) is 0 Å². The van der Waals surface area contributed by atoms with E-state index in [0.29, 0.717) is 0 Å². The molecule has 0 aromatic carbocycles. The van der Waals surface area contributed by atoms with Gasteiger partial charge in [-0.05, 0) is 62.2 Å². The Morgan fingerprint density at radius 3 is 2.71 bits per heavy atom. The lowest BCUT2D eigenvalue weighted by molar-refractivity contribution is 0.286. The van der Waals surface area contributed by atoms with Crippen LogP contribution in [0.1, 0.15) is 52.4 Å². The number of hydrogen-bond acceptors (Lipinski definition) is 2. The van der Waals surface area contributed by atoms with Gasteiger partial charge in [0.05, 0.1) is 0 Å². The highest BCUT2D eigenvalue weighted by molar-refractivity contribution is 7.99. The van der Waals surface area contributed by atoms with Crippen LogP contribution in [0.2, 0.25) is 0 Å². The molecule has 2 bridgehead atoms. The second-order valence-corrected chi connectivity index (χ2v) is 7.30. The minimum atomic E-state index is 0.782. The molecule has 0 aliphatic heterocycles. The monoisotopic (exact) mass is 255 g/mol. The molecule has 2 saturated carbocycles. The Balaban J connectivity index is 1.75. The first-order valence-corrected chi connectivity index (χ1v) is 8.80. The van der Waals surface area contributed by atoms with E-state index in [2.05, 4.69) is 30.9 Å². The van der Waals surface area contributed by atoms with E-state index < -0.39 is 0 Å². The van der Waals surface area contributed by atoms with Gasteiger partial charge in [-0.2, -0.15) is 11.8 Å². The Kier molecular flexibility index (Phi) is 5.68. The summed E-state index contributed by atoms with van der Waals surface area (Å²) < 4.78 is 0. The van der Waals surface area contributed by atoms with Crippen molar-refractivity contribution < 1.29 is 0 Å². The molecule has 1 N–H and O–H groups in total. The van der Waals surface area contributed by atoms with Crippen LogP contribution in [0.3, 0.4) is 0 Å². The summed E-state index contributed by atoms with van der Waals surface area (Å²) in [6.45, 7) is 5.75. The van der Waals surface area contributed by atoms with Crippen molar-refractivity contribution in [2.24, 2.45) is 17.8 Å². The van der Waals surface area contributed by atoms with Crippen molar-refractivity contribution in [2.75, 3.05) is 18.1 Å². The number of rotatable bonds is 8. The number of hydrogen-bond donors (Lipinski definition) is 1. The van der Waals surface area contributed by atoms with Gasteiger partial charge < -0.3 is 5.32 Å². The predicted molar refractivity (Wildman–Crippen MR) is 78.6 cm³/mol. The average molecular weight is 255 g/mol. The summed E-state index contributed by atoms with van der Waals surface area (Å²) in [5.74, 6) is 5.85. The summed E-state index contributed by atoms with van der Waals surface area (Å²) in [5, 5.41) is 3.77. The largest absolute Gasteiger partial charge is 0.313 e. The molecule has 100 valence electrons. The molecule has 0 radical (unpaired) electrons. The van der Waals surface area contributed by atoms with E-state index in [0.717, 1.165) is 23.8 Å². The zero-order valence-corrected chi connectivity index (χ0v) is 12.4. The summed E-state index contributed by atoms with van der Waals surface area (Å²) in [6.07, 6.45) is 8.91. The van der Waals surface area contributed by atoms with Crippen LogP contribution < -0.4 is 5.32 Å². The first-order valence-electron chi connectivity index (χ1n) is 7.64. The van der Waals surface area contributed by atoms with Gasteiger partial charge in [0.2, 0.25) is 0 Å². The van der Waals surface area contributed by atoms with Crippen molar-refractivity contribution in [3.63, 3.8) is 0 Å². The Bertz CT molecular complexity index is 211. The third kappa shape index (κ3) is 3.89. The van der Waals surface area contributed by atoms with E-state index in [1.807, 2.05) is 0 Å². The summed E-state index contributed by atoms with van der Waals surface area (Å²) in [7, 11) is 0. The SMILES string of the molecule is CCCNC(CSCC)CC1CC2CCC1C2. The van der Waals surface area contributed by atoms with Gasteiger partial charge in [-0.3, -0.25) is 0 Å². The summed E-state index contributed by atoms with van der Waals surface area (Å²) >= 11 is 2.11. The quantitative estimate of drug-likeness (QED) is 0.705. The van der Waals surface area contributed by atoms with Gasteiger partial charge in [-0.15, -0.1) is 0 Å². The summed E-state index contributed by atoms with van der Waals surface area (Å²) in [4.78, 5) is 0. The fourth-order valence-corrected chi connectivity index (χ4v) is 4.62. The molecule has 0 amide bonds. The maximum Gasteiger partial charge on any atom is 0.0160 e. The maximum absolute atomic E-state index is 3.77. The third-order valence-electron chi connectivity index (χ3n) is 4.68. The molecule has 17 heavy (non-hydrogen) atoms. The van der Waals surface area contributed by atoms with Crippen molar-refractivity contribution in [3.8, 4) is 0 Å². The second-order valence-electron chi connectivity index (χ2n) is 5.98. The summed E-state index contributed by atoms with van der Waals surface area (Å²) in [5.41, 5.74) is 0. The van der Waals surface area contributed by atoms with Crippen molar-refractivity contribution >= 4 is 11.8 Å². The van der Waals surface area contributed by atoms with Crippen LogP contribution in [-0.4, -0.2) is 24.1 Å². The summed E-state index contributed by atoms with van der Waals surface area (Å²) in [6, 6.07) is 0.782. The third-order valence-corrected chi connectivity index (χ3v) is 5.72. The minimum Gasteiger partial charge on any atom is -0.313 e. The van der Waals surface area contributed by atoms with Crippen molar-refractivity contribution in [2.45, 2.75) is 58.4 Å². The van der Waals surface area contributed by atoms with Crippen LogP contribution in [0.4, 0.5) is 0 Å². The van der Waals surface area contributed by atoms with Crippen LogP contribution in [0.25, 0.3) is 0 Å². The maximum atomic E-state index is 3.77. The predicted octanol–water partition coefficient (Wildman–Crippen LogP) is 3.93. The lowest BCUT2D eigenvalue weighted by atomic mass is 9.84. The van der Waals surface area contributed by atoms with E-state index in [-0.39, 0.29) is 0 Å². The number of fused-ring (bicyclic) bond motifs is 2. The molecule has 1 nitrogen and oxygen atoms in total. The second kappa shape index (κ2) is 7.04. The lowest BCUT2D eigenvalue weighted by Gasteiger charge is -2.27. The fourth-order valence-electron chi connectivity index (χ4n) is 3.85. The van der Waals surface area contributed by atoms with Crippen LogP contribution in [-0.2, 0) is 0 Å². The van der Waals surface area contributed by atoms with Gasteiger partial charge in [0.1, 0.15) is 0 Å². The Labute approximate surface area is 112 Å². The zero-order valence-electron chi connectivity index (χ0n) is 11.6. The van der Waals surface area contributed by atoms with Gasteiger partial charge in [0, 0.05) is 11.8 Å². The van der Waals surface area contributed by atoms with Crippen molar-refractivity contribution in [1.82, 2.24) is 5.32 Å². The van der Waals surface area contributed by atoms with E-state index in [9.17, 15) is 0 Å². The molecule has 2 rings (SSSR count). The van der Waals surface area contributed by atoms with E-state index in [4.69, 9.17) is 0 Å². The molecule has 0 spiro atoms. The molecule has 2 aliphatic rings. The van der Waals surface area contributed by atoms with Gasteiger partial charge in [-0.1, -0.05) is 20.3 Å². The molecular formula is C15H29NS. The first kappa shape index (κ1) is 13.7. The molecule has 4 unspecified atom stereocenters. The van der Waals surface area contributed by atoms with Crippen LogP contribution in [0.15, 0.2) is 0 Å². The molecule has 0 heterocycles. The fraction of sp³-hybridized carbons (Fsp3) is 1.00. The standard InChI is InChI=1S/C15H29NS/c1-3-7-16-15(11-17-4-2)10-14-9-12-5-6-13(14)8-12/h12-16H,3-11H2,1-2H3. The van der Waals surface area contributed by atoms with Crippen LogP contribution >= 0.6 is 11.8 Å². The normalized spacial score (nSPS) is 33.2. The molecule has 2 aliphatic carbocycles. The highest BCUT2D eigenvalue weighted by atomic mass is 32.2. The van der Waals surface area contributed by atoms with Crippen molar-refractivity contribution in [3.05, 3.63) is 0 Å². The topological polar surface area (TPSA) is 12.0 Å². The van der Waals surface area contributed by atoms with E-state index >= 15 is 0 Å². The molecule has 0 saturated heterocycles. The van der Waals surface area contributed by atoms with E-state index in [1.54, 1.807) is 12.8 Å². The minimum absolute atomic E-state index is 0.782. The highest BCUT2D eigenvalue weighted by Crippen LogP contribution is 2.49. The Morgan fingerprint density at radius 1 is 1.24 bits per heavy atom. The van der Waals surface area contributed by atoms with Gasteiger partial charge in [0.25, 0.3) is 0 Å². The molecular weight excluding hydrogens is 226 g/mol. The van der Waals surface area contributed by atoms with Crippen LogP contribution in [0, 0.1) is 17.8 Å². The molecule has 0 aromatic heterocycles. The Morgan fingerprint density at radius 2 is 2.12 bits per heavy atom.